The first kappa shape index (κ1) is 16.3. The van der Waals surface area contributed by atoms with Crippen molar-refractivity contribution in [1.82, 2.24) is 4.31 Å². The molecule has 4 nitrogen and oxygen atoms in total. The van der Waals surface area contributed by atoms with Gasteiger partial charge in [-0.1, -0.05) is 0 Å². The molecule has 1 saturated heterocycles. The van der Waals surface area contributed by atoms with E-state index in [0.717, 1.165) is 22.5 Å². The zero-order valence-electron chi connectivity index (χ0n) is 12.2. The molecule has 1 fully saturated rings. The van der Waals surface area contributed by atoms with Gasteiger partial charge in [0.2, 0.25) is 10.0 Å². The van der Waals surface area contributed by atoms with E-state index < -0.39 is 38.6 Å². The van der Waals surface area contributed by atoms with Crippen LogP contribution in [0.15, 0.2) is 18.2 Å². The Morgan fingerprint density at radius 2 is 1.90 bits per heavy atom. The van der Waals surface area contributed by atoms with Crippen LogP contribution in [0.25, 0.3) is 0 Å². The highest BCUT2D eigenvalue weighted by atomic mass is 32.2. The van der Waals surface area contributed by atoms with Gasteiger partial charge in [-0.05, 0) is 45.4 Å². The van der Waals surface area contributed by atoms with Gasteiger partial charge < -0.3 is 5.11 Å². The molecule has 0 unspecified atom stereocenters. The second-order valence-electron chi connectivity index (χ2n) is 6.26. The summed E-state index contributed by atoms with van der Waals surface area (Å²) in [6, 6.07) is 2.05. The topological polar surface area (TPSA) is 57.6 Å². The first-order chi connectivity index (χ1) is 9.54. The summed E-state index contributed by atoms with van der Waals surface area (Å²) in [5.41, 5.74) is -0.0422. The monoisotopic (exact) mass is 319 g/mol. The van der Waals surface area contributed by atoms with Crippen molar-refractivity contribution in [1.29, 1.82) is 0 Å². The van der Waals surface area contributed by atoms with Crippen molar-refractivity contribution in [3.8, 4) is 0 Å². The van der Waals surface area contributed by atoms with Gasteiger partial charge in [0.25, 0.3) is 0 Å². The van der Waals surface area contributed by atoms with Crippen LogP contribution in [0.5, 0.6) is 0 Å². The highest BCUT2D eigenvalue weighted by Gasteiger charge is 2.45. The highest BCUT2D eigenvalue weighted by Crippen LogP contribution is 2.39. The summed E-state index contributed by atoms with van der Waals surface area (Å²) < 4.78 is 52.4. The minimum absolute atomic E-state index is 0.0422. The molecule has 2 atom stereocenters. The standard InChI is InChI=1S/C14H19F2NO3S/c1-14(2,3)21(19,20)17-8-10(18)7-13(17)11-6-9(15)4-5-12(11)16/h4-6,10,13,18H,7-8H2,1-3H3/t10-,13+/m1/s1. The molecule has 21 heavy (non-hydrogen) atoms. The van der Waals surface area contributed by atoms with E-state index >= 15 is 0 Å². The van der Waals surface area contributed by atoms with E-state index in [2.05, 4.69) is 0 Å². The molecule has 0 bridgehead atoms. The fraction of sp³-hybridized carbons (Fsp3) is 0.571. The average molecular weight is 319 g/mol. The molecule has 0 radical (unpaired) electrons. The predicted molar refractivity (Wildman–Crippen MR) is 75.1 cm³/mol. The van der Waals surface area contributed by atoms with Gasteiger partial charge >= 0.3 is 0 Å². The van der Waals surface area contributed by atoms with Crippen LogP contribution in [0, 0.1) is 11.6 Å². The van der Waals surface area contributed by atoms with Gasteiger partial charge in [-0.15, -0.1) is 0 Å². The van der Waals surface area contributed by atoms with Gasteiger partial charge in [0.1, 0.15) is 11.6 Å². The molecule has 1 aliphatic rings. The molecule has 1 aromatic carbocycles. The number of hydrogen-bond acceptors (Lipinski definition) is 3. The molecule has 0 aliphatic carbocycles. The van der Waals surface area contributed by atoms with Crippen LogP contribution in [-0.4, -0.2) is 35.2 Å². The van der Waals surface area contributed by atoms with Crippen LogP contribution >= 0.6 is 0 Å². The Kier molecular flexibility index (Phi) is 4.12. The average Bonchev–Trinajstić information content (AvgIpc) is 2.73. The molecule has 7 heteroatoms. The van der Waals surface area contributed by atoms with E-state index in [-0.39, 0.29) is 18.5 Å². The van der Waals surface area contributed by atoms with Gasteiger partial charge in [0.05, 0.1) is 16.9 Å². The molecule has 1 heterocycles. The van der Waals surface area contributed by atoms with Crippen molar-refractivity contribution in [3.63, 3.8) is 0 Å². The van der Waals surface area contributed by atoms with E-state index in [9.17, 15) is 22.3 Å². The molecule has 118 valence electrons. The lowest BCUT2D eigenvalue weighted by atomic mass is 10.0. The second kappa shape index (κ2) is 5.30. The van der Waals surface area contributed by atoms with Crippen LogP contribution in [0.2, 0.25) is 0 Å². The first-order valence-electron chi connectivity index (χ1n) is 6.68. The van der Waals surface area contributed by atoms with Crippen LogP contribution in [0.1, 0.15) is 38.8 Å². The van der Waals surface area contributed by atoms with Gasteiger partial charge in [0, 0.05) is 12.1 Å². The summed E-state index contributed by atoms with van der Waals surface area (Å²) in [5.74, 6) is -1.31. The smallest absolute Gasteiger partial charge is 0.219 e. The van der Waals surface area contributed by atoms with Crippen LogP contribution < -0.4 is 0 Å². The number of aliphatic hydroxyl groups excluding tert-OH is 1. The molecular formula is C14H19F2NO3S. The van der Waals surface area contributed by atoms with Crippen molar-refractivity contribution in [2.24, 2.45) is 0 Å². The third kappa shape index (κ3) is 2.95. The van der Waals surface area contributed by atoms with E-state index in [0.29, 0.717) is 0 Å². The maximum absolute atomic E-state index is 13.9. The van der Waals surface area contributed by atoms with Crippen LogP contribution in [-0.2, 0) is 10.0 Å². The maximum Gasteiger partial charge on any atom is 0.219 e. The Hall–Kier alpha value is -1.05. The summed E-state index contributed by atoms with van der Waals surface area (Å²) in [5, 5.41) is 9.80. The Bertz CT molecular complexity index is 640. The maximum atomic E-state index is 13.9. The lowest BCUT2D eigenvalue weighted by Gasteiger charge is -2.31. The Labute approximate surface area is 123 Å². The normalized spacial score (nSPS) is 24.5. The lowest BCUT2D eigenvalue weighted by Crippen LogP contribution is -2.43. The van der Waals surface area contributed by atoms with Gasteiger partial charge in [-0.3, -0.25) is 0 Å². The SMILES string of the molecule is CC(C)(C)S(=O)(=O)N1C[C@H](O)C[C@H]1c1cc(F)ccc1F. The van der Waals surface area contributed by atoms with Crippen LogP contribution in [0.3, 0.4) is 0 Å². The Balaban J connectivity index is 2.50. The minimum atomic E-state index is -3.75. The van der Waals surface area contributed by atoms with Crippen molar-refractivity contribution < 1.29 is 22.3 Å². The predicted octanol–water partition coefficient (Wildman–Crippen LogP) is 2.20. The summed E-state index contributed by atoms with van der Waals surface area (Å²) in [4.78, 5) is 0. The second-order valence-corrected chi connectivity index (χ2v) is 8.90. The first-order valence-corrected chi connectivity index (χ1v) is 8.12. The van der Waals surface area contributed by atoms with Crippen molar-refractivity contribution >= 4 is 10.0 Å². The molecular weight excluding hydrogens is 300 g/mol. The van der Waals surface area contributed by atoms with Crippen molar-refractivity contribution in [2.75, 3.05) is 6.54 Å². The third-order valence-corrected chi connectivity index (χ3v) is 6.20. The summed E-state index contributed by atoms with van der Waals surface area (Å²) in [7, 11) is -3.75. The van der Waals surface area contributed by atoms with Gasteiger partial charge in [-0.25, -0.2) is 17.2 Å². The molecule has 1 aromatic rings. The quantitative estimate of drug-likeness (QED) is 0.909. The fourth-order valence-corrected chi connectivity index (χ4v) is 4.06. The number of β-amino-alcohol motifs (C(OH)–C–C–N with tert-alkyl or cyclic N) is 1. The number of benzene rings is 1. The number of hydrogen-bond donors (Lipinski definition) is 1. The Morgan fingerprint density at radius 3 is 2.48 bits per heavy atom. The lowest BCUT2D eigenvalue weighted by molar-refractivity contribution is 0.188. The molecule has 2 rings (SSSR count). The zero-order valence-corrected chi connectivity index (χ0v) is 13.0. The van der Waals surface area contributed by atoms with Gasteiger partial charge in [0.15, 0.2) is 0 Å². The number of rotatable bonds is 2. The number of sulfonamides is 1. The molecule has 1 aliphatic heterocycles. The van der Waals surface area contributed by atoms with E-state index in [1.807, 2.05) is 0 Å². The highest BCUT2D eigenvalue weighted by molar-refractivity contribution is 7.90. The molecule has 0 amide bonds. The summed E-state index contributed by atoms with van der Waals surface area (Å²) in [6.45, 7) is 4.49. The minimum Gasteiger partial charge on any atom is -0.392 e. The zero-order chi connectivity index (χ0) is 16.0. The van der Waals surface area contributed by atoms with E-state index in [4.69, 9.17) is 0 Å². The summed E-state index contributed by atoms with van der Waals surface area (Å²) >= 11 is 0. The van der Waals surface area contributed by atoms with Gasteiger partial charge in [-0.2, -0.15) is 4.31 Å². The Morgan fingerprint density at radius 1 is 1.29 bits per heavy atom. The number of nitrogens with zero attached hydrogens (tertiary/aromatic N) is 1. The van der Waals surface area contributed by atoms with Crippen molar-refractivity contribution in [2.45, 2.75) is 44.1 Å². The van der Waals surface area contributed by atoms with Crippen molar-refractivity contribution in [3.05, 3.63) is 35.4 Å². The largest absolute Gasteiger partial charge is 0.392 e. The molecule has 0 aromatic heterocycles. The third-order valence-electron chi connectivity index (χ3n) is 3.63. The summed E-state index contributed by atoms with van der Waals surface area (Å²) in [6.07, 6.45) is -0.842. The fourth-order valence-electron chi connectivity index (χ4n) is 2.45. The molecule has 0 spiro atoms. The number of aliphatic hydroxyl groups is 1. The molecule has 1 N–H and O–H groups in total. The molecule has 0 saturated carbocycles. The van der Waals surface area contributed by atoms with E-state index in [1.165, 1.54) is 20.8 Å². The van der Waals surface area contributed by atoms with Crippen LogP contribution in [0.4, 0.5) is 8.78 Å². The number of halogens is 2. The van der Waals surface area contributed by atoms with E-state index in [1.54, 1.807) is 0 Å².